The molecule has 0 aliphatic rings. The number of allylic oxidation sites excluding steroid dienone is 14. The zero-order valence-corrected chi connectivity index (χ0v) is 40.4. The molecule has 0 aliphatic carbocycles. The van der Waals surface area contributed by atoms with Gasteiger partial charge in [-0.3, -0.25) is 14.4 Å². The van der Waals surface area contributed by atoms with Crippen LogP contribution in [0.15, 0.2) is 85.1 Å². The molecular formula is C56H94O6. The number of unbranched alkanes of at least 4 members (excludes halogenated alkanes) is 24. The molecule has 0 fully saturated rings. The summed E-state index contributed by atoms with van der Waals surface area (Å²) in [5.41, 5.74) is 0. The maximum atomic E-state index is 12.8. The number of rotatable bonds is 45. The predicted molar refractivity (Wildman–Crippen MR) is 265 cm³/mol. The molecule has 0 aromatic heterocycles. The first-order valence-electron chi connectivity index (χ1n) is 25.7. The number of hydrogen-bond donors (Lipinski definition) is 0. The lowest BCUT2D eigenvalue weighted by Crippen LogP contribution is -2.30. The van der Waals surface area contributed by atoms with Crippen molar-refractivity contribution in [3.63, 3.8) is 0 Å². The zero-order valence-electron chi connectivity index (χ0n) is 40.4. The second-order valence-corrected chi connectivity index (χ2v) is 16.8. The van der Waals surface area contributed by atoms with Crippen molar-refractivity contribution in [1.29, 1.82) is 0 Å². The van der Waals surface area contributed by atoms with E-state index in [0.29, 0.717) is 12.8 Å². The lowest BCUT2D eigenvalue weighted by Gasteiger charge is -2.18. The molecule has 1 atom stereocenters. The van der Waals surface area contributed by atoms with Gasteiger partial charge in [-0.1, -0.05) is 209 Å². The molecule has 6 nitrogen and oxygen atoms in total. The standard InChI is InChI=1S/C56H94O6/c1-4-7-10-13-16-19-22-24-26-28-29-31-32-34-37-40-43-46-49-55(58)61-52-53(51-60-54(57)48-45-42-39-36-21-18-15-12-9-6-3)62-56(59)50-47-44-41-38-35-33-30-27-25-23-20-17-14-11-8-5-2/h15-16,18-19,22,24,26-31,33,35,53H,4-14,17,20-21,23,25,32,34,36-52H2,1-3H3/b18-15-,19-16-,24-22-,28-26-,30-27-,31-29-,35-33-. The first-order chi connectivity index (χ1) is 30.5. The van der Waals surface area contributed by atoms with Gasteiger partial charge in [0.25, 0.3) is 0 Å². The van der Waals surface area contributed by atoms with Crippen LogP contribution >= 0.6 is 0 Å². The average Bonchev–Trinajstić information content (AvgIpc) is 3.27. The molecule has 0 N–H and O–H groups in total. The topological polar surface area (TPSA) is 78.9 Å². The lowest BCUT2D eigenvalue weighted by atomic mass is 10.1. The van der Waals surface area contributed by atoms with Crippen LogP contribution in [0.1, 0.15) is 233 Å². The Hall–Kier alpha value is -3.41. The van der Waals surface area contributed by atoms with E-state index in [9.17, 15) is 14.4 Å². The number of ether oxygens (including phenoxy) is 3. The largest absolute Gasteiger partial charge is 0.462 e. The Bertz CT molecular complexity index is 1220. The molecule has 0 aromatic rings. The van der Waals surface area contributed by atoms with Gasteiger partial charge in [-0.15, -0.1) is 0 Å². The highest BCUT2D eigenvalue weighted by molar-refractivity contribution is 5.71. The van der Waals surface area contributed by atoms with E-state index in [1.54, 1.807) is 0 Å². The molecule has 0 aromatic carbocycles. The molecule has 0 saturated heterocycles. The molecule has 0 bridgehead atoms. The average molecular weight is 863 g/mol. The second-order valence-electron chi connectivity index (χ2n) is 16.8. The number of hydrogen-bond acceptors (Lipinski definition) is 6. The molecule has 0 rings (SSSR count). The van der Waals surface area contributed by atoms with Crippen molar-refractivity contribution in [2.75, 3.05) is 13.2 Å². The Morgan fingerprint density at radius 3 is 1.06 bits per heavy atom. The smallest absolute Gasteiger partial charge is 0.306 e. The van der Waals surface area contributed by atoms with Crippen LogP contribution in [-0.2, 0) is 28.6 Å². The number of esters is 3. The van der Waals surface area contributed by atoms with Crippen LogP contribution in [0.4, 0.5) is 0 Å². The van der Waals surface area contributed by atoms with Crippen LogP contribution in [0.5, 0.6) is 0 Å². The van der Waals surface area contributed by atoms with Gasteiger partial charge in [0, 0.05) is 19.3 Å². The van der Waals surface area contributed by atoms with Crippen molar-refractivity contribution >= 4 is 17.9 Å². The fourth-order valence-corrected chi connectivity index (χ4v) is 6.78. The summed E-state index contributed by atoms with van der Waals surface area (Å²) < 4.78 is 16.7. The van der Waals surface area contributed by atoms with E-state index in [1.807, 2.05) is 0 Å². The Labute approximate surface area is 382 Å². The van der Waals surface area contributed by atoms with Gasteiger partial charge in [0.2, 0.25) is 0 Å². The van der Waals surface area contributed by atoms with Gasteiger partial charge < -0.3 is 14.2 Å². The van der Waals surface area contributed by atoms with Gasteiger partial charge in [0.05, 0.1) is 0 Å². The van der Waals surface area contributed by atoms with Crippen LogP contribution in [0, 0.1) is 0 Å². The quantitative estimate of drug-likeness (QED) is 0.0199. The Morgan fingerprint density at radius 1 is 0.323 bits per heavy atom. The van der Waals surface area contributed by atoms with Crippen LogP contribution < -0.4 is 0 Å². The predicted octanol–water partition coefficient (Wildman–Crippen LogP) is 16.8. The molecule has 354 valence electrons. The van der Waals surface area contributed by atoms with E-state index in [4.69, 9.17) is 14.2 Å². The van der Waals surface area contributed by atoms with Gasteiger partial charge in [-0.25, -0.2) is 0 Å². The maximum Gasteiger partial charge on any atom is 0.306 e. The summed E-state index contributed by atoms with van der Waals surface area (Å²) in [6, 6.07) is 0. The third kappa shape index (κ3) is 47.6. The van der Waals surface area contributed by atoms with E-state index >= 15 is 0 Å². The molecular weight excluding hydrogens is 769 g/mol. The van der Waals surface area contributed by atoms with Gasteiger partial charge in [-0.2, -0.15) is 0 Å². The van der Waals surface area contributed by atoms with Crippen molar-refractivity contribution in [2.45, 2.75) is 239 Å². The molecule has 0 aliphatic heterocycles. The molecule has 1 unspecified atom stereocenters. The molecule has 0 heterocycles. The van der Waals surface area contributed by atoms with Crippen molar-refractivity contribution < 1.29 is 28.6 Å². The summed E-state index contributed by atoms with van der Waals surface area (Å²) >= 11 is 0. The highest BCUT2D eigenvalue weighted by Crippen LogP contribution is 2.13. The highest BCUT2D eigenvalue weighted by Gasteiger charge is 2.19. The third-order valence-electron chi connectivity index (χ3n) is 10.7. The van der Waals surface area contributed by atoms with Gasteiger partial charge in [-0.05, 0) is 89.9 Å². The van der Waals surface area contributed by atoms with Crippen LogP contribution in [0.2, 0.25) is 0 Å². The van der Waals surface area contributed by atoms with E-state index < -0.39 is 6.10 Å². The van der Waals surface area contributed by atoms with Gasteiger partial charge >= 0.3 is 17.9 Å². The summed E-state index contributed by atoms with van der Waals surface area (Å²) in [6.07, 6.45) is 64.2. The molecule has 62 heavy (non-hydrogen) atoms. The van der Waals surface area contributed by atoms with Crippen molar-refractivity contribution in [1.82, 2.24) is 0 Å². The van der Waals surface area contributed by atoms with Crippen LogP contribution in [-0.4, -0.2) is 37.2 Å². The number of carbonyl (C=O) groups is 3. The molecule has 0 spiro atoms. The Morgan fingerprint density at radius 2 is 0.613 bits per heavy atom. The summed E-state index contributed by atoms with van der Waals surface area (Å²) in [4.78, 5) is 37.9. The van der Waals surface area contributed by atoms with E-state index in [1.165, 1.54) is 77.0 Å². The fourth-order valence-electron chi connectivity index (χ4n) is 6.78. The summed E-state index contributed by atoms with van der Waals surface area (Å²) in [5.74, 6) is -0.967. The molecule has 0 radical (unpaired) electrons. The molecule has 6 heteroatoms. The minimum absolute atomic E-state index is 0.102. The zero-order chi connectivity index (χ0) is 45.1. The Balaban J connectivity index is 4.47. The SMILES string of the molecule is CCCC/C=C\CCCCCCC(=O)OCC(COC(=O)CCCCCCC\C=C/C=C\C=C/C=C\CCCCC)OC(=O)CCCCC/C=C\C=C/CCCCCCCCC. The summed E-state index contributed by atoms with van der Waals surface area (Å²) in [5, 5.41) is 0. The summed E-state index contributed by atoms with van der Waals surface area (Å²) in [7, 11) is 0. The van der Waals surface area contributed by atoms with Crippen LogP contribution in [0.3, 0.4) is 0 Å². The highest BCUT2D eigenvalue weighted by atomic mass is 16.6. The number of carbonyl (C=O) groups excluding carboxylic acids is 3. The van der Waals surface area contributed by atoms with Gasteiger partial charge in [0.15, 0.2) is 6.10 Å². The van der Waals surface area contributed by atoms with Crippen molar-refractivity contribution in [2.24, 2.45) is 0 Å². The lowest BCUT2D eigenvalue weighted by molar-refractivity contribution is -0.167. The van der Waals surface area contributed by atoms with Gasteiger partial charge in [0.1, 0.15) is 13.2 Å². The van der Waals surface area contributed by atoms with E-state index in [2.05, 4.69) is 106 Å². The Kier molecular flexibility index (Phi) is 47.5. The first-order valence-corrected chi connectivity index (χ1v) is 25.7. The van der Waals surface area contributed by atoms with E-state index in [0.717, 1.165) is 116 Å². The molecule has 0 saturated carbocycles. The third-order valence-corrected chi connectivity index (χ3v) is 10.7. The van der Waals surface area contributed by atoms with Crippen LogP contribution in [0.25, 0.3) is 0 Å². The second kappa shape index (κ2) is 50.2. The monoisotopic (exact) mass is 863 g/mol. The minimum atomic E-state index is -0.804. The fraction of sp³-hybridized carbons (Fsp3) is 0.696. The summed E-state index contributed by atoms with van der Waals surface area (Å²) in [6.45, 7) is 6.49. The first kappa shape index (κ1) is 58.6. The van der Waals surface area contributed by atoms with E-state index in [-0.39, 0.29) is 37.5 Å². The normalized spacial score (nSPS) is 12.8. The molecule has 0 amide bonds. The van der Waals surface area contributed by atoms with Crippen molar-refractivity contribution in [3.05, 3.63) is 85.1 Å². The minimum Gasteiger partial charge on any atom is -0.462 e. The maximum absolute atomic E-state index is 12.8. The van der Waals surface area contributed by atoms with Crippen molar-refractivity contribution in [3.8, 4) is 0 Å².